The summed E-state index contributed by atoms with van der Waals surface area (Å²) in [6.07, 6.45) is 1.08. The van der Waals surface area contributed by atoms with Gasteiger partial charge in [-0.1, -0.05) is 0 Å². The van der Waals surface area contributed by atoms with Gasteiger partial charge in [-0.2, -0.15) is 0 Å². The maximum Gasteiger partial charge on any atom is 0.229 e. The van der Waals surface area contributed by atoms with E-state index in [1.54, 1.807) is 12.1 Å². The summed E-state index contributed by atoms with van der Waals surface area (Å²) in [5.74, 6) is 0. The molecule has 0 amide bonds. The van der Waals surface area contributed by atoms with Gasteiger partial charge in [0, 0.05) is 5.69 Å². The van der Waals surface area contributed by atoms with E-state index in [0.717, 1.165) is 6.26 Å². The molecule has 0 spiro atoms. The molecule has 0 heterocycles. The molecule has 1 aromatic rings. The molecule has 4 nitrogen and oxygen atoms in total. The molecule has 1 radical (unpaired) electrons. The van der Waals surface area contributed by atoms with Crippen LogP contribution >= 0.6 is 0 Å². The molecule has 0 atom stereocenters. The molecule has 0 fully saturated rings. The van der Waals surface area contributed by atoms with Crippen LogP contribution in [-0.2, 0) is 10.0 Å². The SMILES string of the molecule is CS(=O)(=O)Nc1ccc([NH])cc1. The molecule has 0 unspecified atom stereocenters. The Kier molecular flexibility index (Phi) is 2.23. The maximum absolute atomic E-state index is 10.7. The van der Waals surface area contributed by atoms with Gasteiger partial charge >= 0.3 is 0 Å². The zero-order valence-corrected chi connectivity index (χ0v) is 7.35. The molecule has 0 saturated carbocycles. The first-order chi connectivity index (χ1) is 5.47. The van der Waals surface area contributed by atoms with Crippen LogP contribution in [0.5, 0.6) is 0 Å². The van der Waals surface area contributed by atoms with Crippen LogP contribution in [0.4, 0.5) is 11.4 Å². The van der Waals surface area contributed by atoms with Crippen molar-refractivity contribution in [2.75, 3.05) is 11.0 Å². The average molecular weight is 185 g/mol. The Labute approximate surface area is 71.4 Å². The molecule has 0 saturated heterocycles. The Morgan fingerprint density at radius 3 is 2.17 bits per heavy atom. The largest absolute Gasteiger partial charge is 0.301 e. The average Bonchev–Trinajstić information content (AvgIpc) is 1.91. The molecule has 12 heavy (non-hydrogen) atoms. The third-order valence-electron chi connectivity index (χ3n) is 1.19. The van der Waals surface area contributed by atoms with E-state index in [2.05, 4.69) is 4.72 Å². The summed E-state index contributed by atoms with van der Waals surface area (Å²) < 4.78 is 23.8. The van der Waals surface area contributed by atoms with E-state index in [1.807, 2.05) is 0 Å². The zero-order chi connectivity index (χ0) is 9.19. The quantitative estimate of drug-likeness (QED) is 0.745. The lowest BCUT2D eigenvalue weighted by Gasteiger charge is -2.02. The minimum atomic E-state index is -3.20. The summed E-state index contributed by atoms with van der Waals surface area (Å²) in [5.41, 5.74) is 7.98. The number of rotatable bonds is 2. The highest BCUT2D eigenvalue weighted by atomic mass is 32.2. The van der Waals surface area contributed by atoms with Crippen molar-refractivity contribution in [3.63, 3.8) is 0 Å². The lowest BCUT2D eigenvalue weighted by atomic mass is 10.3. The maximum atomic E-state index is 10.7. The minimum absolute atomic E-state index is 0.356. The van der Waals surface area contributed by atoms with Crippen LogP contribution in [0.15, 0.2) is 24.3 Å². The van der Waals surface area contributed by atoms with E-state index in [-0.39, 0.29) is 0 Å². The summed E-state index contributed by atoms with van der Waals surface area (Å²) >= 11 is 0. The Morgan fingerprint density at radius 1 is 1.25 bits per heavy atom. The fourth-order valence-electron chi connectivity index (χ4n) is 0.752. The van der Waals surface area contributed by atoms with Gasteiger partial charge in [0.1, 0.15) is 0 Å². The van der Waals surface area contributed by atoms with Crippen LogP contribution in [0.25, 0.3) is 0 Å². The lowest BCUT2D eigenvalue weighted by Crippen LogP contribution is -2.09. The fourth-order valence-corrected chi connectivity index (χ4v) is 1.32. The van der Waals surface area contributed by atoms with Crippen LogP contribution in [0.2, 0.25) is 0 Å². The van der Waals surface area contributed by atoms with Gasteiger partial charge in [-0.25, -0.2) is 8.42 Å². The number of sulfonamides is 1. The standard InChI is InChI=1S/C7H9N2O2S/c1-12(10,11)9-7-4-2-6(8)3-5-7/h2-5,8-9H,1H3. The molecule has 65 valence electrons. The monoisotopic (exact) mass is 185 g/mol. The highest BCUT2D eigenvalue weighted by molar-refractivity contribution is 7.92. The van der Waals surface area contributed by atoms with Crippen molar-refractivity contribution in [2.24, 2.45) is 0 Å². The summed E-state index contributed by atoms with van der Waals surface area (Å²) in [6.45, 7) is 0. The zero-order valence-electron chi connectivity index (χ0n) is 6.53. The second-order valence-corrected chi connectivity index (χ2v) is 4.20. The van der Waals surface area contributed by atoms with Crippen molar-refractivity contribution in [1.29, 1.82) is 0 Å². The van der Waals surface area contributed by atoms with E-state index in [9.17, 15) is 8.42 Å². The molecule has 0 aromatic heterocycles. The van der Waals surface area contributed by atoms with Crippen LogP contribution < -0.4 is 10.5 Å². The highest BCUT2D eigenvalue weighted by Crippen LogP contribution is 2.12. The second kappa shape index (κ2) is 3.02. The van der Waals surface area contributed by atoms with Gasteiger partial charge in [0.2, 0.25) is 10.0 Å². The number of hydrogen-bond acceptors (Lipinski definition) is 2. The van der Waals surface area contributed by atoms with Crippen molar-refractivity contribution in [1.82, 2.24) is 5.73 Å². The summed E-state index contributed by atoms with van der Waals surface area (Å²) in [6, 6.07) is 6.13. The predicted octanol–water partition coefficient (Wildman–Crippen LogP) is 0.972. The Hall–Kier alpha value is -1.23. The van der Waals surface area contributed by atoms with Crippen LogP contribution in [0.3, 0.4) is 0 Å². The fraction of sp³-hybridized carbons (Fsp3) is 0.143. The van der Waals surface area contributed by atoms with Crippen LogP contribution in [-0.4, -0.2) is 14.7 Å². The third-order valence-corrected chi connectivity index (χ3v) is 1.79. The first-order valence-corrected chi connectivity index (χ1v) is 5.16. The third kappa shape index (κ3) is 2.79. The van der Waals surface area contributed by atoms with Crippen molar-refractivity contribution >= 4 is 21.4 Å². The Balaban J connectivity index is 2.85. The second-order valence-electron chi connectivity index (χ2n) is 2.45. The molecule has 1 aromatic carbocycles. The predicted molar refractivity (Wildman–Crippen MR) is 47.7 cm³/mol. The molecule has 2 N–H and O–H groups in total. The van der Waals surface area contributed by atoms with Gasteiger partial charge in [-0.05, 0) is 24.3 Å². The smallest absolute Gasteiger partial charge is 0.229 e. The lowest BCUT2D eigenvalue weighted by molar-refractivity contribution is 0.607. The molecule has 0 aliphatic rings. The van der Waals surface area contributed by atoms with Crippen LogP contribution in [0.1, 0.15) is 0 Å². The van der Waals surface area contributed by atoms with Gasteiger partial charge in [-0.15, -0.1) is 0 Å². The molecule has 5 heteroatoms. The Bertz CT molecular complexity index is 355. The summed E-state index contributed by atoms with van der Waals surface area (Å²) in [5, 5.41) is 0. The van der Waals surface area contributed by atoms with E-state index < -0.39 is 10.0 Å². The Morgan fingerprint density at radius 2 is 1.75 bits per heavy atom. The number of benzene rings is 1. The van der Waals surface area contributed by atoms with Crippen molar-refractivity contribution in [3.8, 4) is 0 Å². The number of anilines is 1. The number of hydrogen-bond donors (Lipinski definition) is 1. The number of nitrogens with one attached hydrogen (secondary N) is 2. The van der Waals surface area contributed by atoms with E-state index in [1.165, 1.54) is 12.1 Å². The van der Waals surface area contributed by atoms with E-state index in [0.29, 0.717) is 11.4 Å². The van der Waals surface area contributed by atoms with Gasteiger partial charge in [0.05, 0.1) is 11.9 Å². The van der Waals surface area contributed by atoms with Crippen molar-refractivity contribution < 1.29 is 8.42 Å². The van der Waals surface area contributed by atoms with Gasteiger partial charge in [0.25, 0.3) is 0 Å². The summed E-state index contributed by atoms with van der Waals surface area (Å²) in [4.78, 5) is 0. The molecular formula is C7H9N2O2S. The van der Waals surface area contributed by atoms with Gasteiger partial charge in [0.15, 0.2) is 0 Å². The van der Waals surface area contributed by atoms with Crippen molar-refractivity contribution in [3.05, 3.63) is 24.3 Å². The van der Waals surface area contributed by atoms with E-state index in [4.69, 9.17) is 5.73 Å². The van der Waals surface area contributed by atoms with E-state index >= 15 is 0 Å². The molecule has 1 rings (SSSR count). The molecule has 0 aliphatic heterocycles. The molecular weight excluding hydrogens is 176 g/mol. The molecule has 0 aliphatic carbocycles. The first-order valence-electron chi connectivity index (χ1n) is 3.27. The topological polar surface area (TPSA) is 70.0 Å². The summed E-state index contributed by atoms with van der Waals surface area (Å²) in [7, 11) is -3.20. The van der Waals surface area contributed by atoms with Crippen LogP contribution in [0, 0.1) is 0 Å². The van der Waals surface area contributed by atoms with Gasteiger partial charge in [-0.3, -0.25) is 4.72 Å². The normalized spacial score (nSPS) is 11.1. The van der Waals surface area contributed by atoms with Gasteiger partial charge < -0.3 is 5.73 Å². The highest BCUT2D eigenvalue weighted by Gasteiger charge is 1.99. The minimum Gasteiger partial charge on any atom is -0.301 e. The first kappa shape index (κ1) is 8.86. The van der Waals surface area contributed by atoms with Crippen molar-refractivity contribution in [2.45, 2.75) is 0 Å². The molecule has 0 bridgehead atoms.